The van der Waals surface area contributed by atoms with Crippen LogP contribution in [-0.4, -0.2) is 43.6 Å². The third-order valence-corrected chi connectivity index (χ3v) is 6.14. The molecule has 2 unspecified atom stereocenters. The van der Waals surface area contributed by atoms with E-state index in [1.54, 1.807) is 18.0 Å². The third-order valence-electron chi connectivity index (χ3n) is 5.15. The van der Waals surface area contributed by atoms with Gasteiger partial charge in [0.2, 0.25) is 5.91 Å². The van der Waals surface area contributed by atoms with Crippen molar-refractivity contribution >= 4 is 17.7 Å². The SMILES string of the molecule is O=C(CSCc1ccccc1)N1C2CCC1CC(n1ccnn1)C2. The van der Waals surface area contributed by atoms with E-state index in [0.717, 1.165) is 31.4 Å². The van der Waals surface area contributed by atoms with Crippen molar-refractivity contribution in [2.45, 2.75) is 49.6 Å². The molecule has 0 spiro atoms. The predicted molar refractivity (Wildman–Crippen MR) is 94.6 cm³/mol. The van der Waals surface area contributed by atoms with Crippen molar-refractivity contribution in [3.8, 4) is 0 Å². The van der Waals surface area contributed by atoms with Gasteiger partial charge in [-0.05, 0) is 31.2 Å². The zero-order chi connectivity index (χ0) is 16.4. The van der Waals surface area contributed by atoms with Crippen LogP contribution in [0.15, 0.2) is 42.7 Å². The fourth-order valence-corrected chi connectivity index (χ4v) is 4.94. The minimum atomic E-state index is 0.306. The van der Waals surface area contributed by atoms with Gasteiger partial charge in [0.15, 0.2) is 0 Å². The maximum atomic E-state index is 12.7. The van der Waals surface area contributed by atoms with Crippen LogP contribution < -0.4 is 0 Å². The number of carbonyl (C=O) groups is 1. The molecule has 2 saturated heterocycles. The lowest BCUT2D eigenvalue weighted by molar-refractivity contribution is -0.133. The summed E-state index contributed by atoms with van der Waals surface area (Å²) in [6.07, 6.45) is 7.96. The molecule has 5 nitrogen and oxygen atoms in total. The molecule has 126 valence electrons. The van der Waals surface area contributed by atoms with E-state index in [2.05, 4.69) is 27.3 Å². The van der Waals surface area contributed by atoms with Crippen LogP contribution >= 0.6 is 11.8 Å². The van der Waals surface area contributed by atoms with E-state index in [1.807, 2.05) is 29.1 Å². The van der Waals surface area contributed by atoms with E-state index in [-0.39, 0.29) is 0 Å². The lowest BCUT2D eigenvalue weighted by atomic mass is 9.97. The largest absolute Gasteiger partial charge is 0.336 e. The molecular formula is C18H22N4OS. The quantitative estimate of drug-likeness (QED) is 0.838. The summed E-state index contributed by atoms with van der Waals surface area (Å²) in [7, 11) is 0. The van der Waals surface area contributed by atoms with Gasteiger partial charge >= 0.3 is 0 Å². The maximum Gasteiger partial charge on any atom is 0.233 e. The molecule has 0 saturated carbocycles. The number of benzene rings is 1. The van der Waals surface area contributed by atoms with Gasteiger partial charge in [-0.25, -0.2) is 4.68 Å². The first-order chi connectivity index (χ1) is 11.8. The average molecular weight is 342 g/mol. The van der Waals surface area contributed by atoms with E-state index in [9.17, 15) is 4.79 Å². The Hall–Kier alpha value is -1.82. The van der Waals surface area contributed by atoms with Gasteiger partial charge in [0.25, 0.3) is 0 Å². The summed E-state index contributed by atoms with van der Waals surface area (Å²) in [5, 5.41) is 8.07. The molecule has 3 heterocycles. The van der Waals surface area contributed by atoms with Crippen molar-refractivity contribution in [2.24, 2.45) is 0 Å². The fraction of sp³-hybridized carbons (Fsp3) is 0.500. The van der Waals surface area contributed by atoms with Gasteiger partial charge < -0.3 is 4.90 Å². The standard InChI is InChI=1S/C18H22N4OS/c23-18(13-24-12-14-4-2-1-3-5-14)22-15-6-7-16(22)11-17(10-15)21-9-8-19-20-21/h1-5,8-9,15-17H,6-7,10-13H2. The van der Waals surface area contributed by atoms with E-state index >= 15 is 0 Å². The van der Waals surface area contributed by atoms with Crippen LogP contribution in [-0.2, 0) is 10.5 Å². The Balaban J connectivity index is 1.33. The third kappa shape index (κ3) is 3.20. The lowest BCUT2D eigenvalue weighted by Gasteiger charge is -2.38. The van der Waals surface area contributed by atoms with Gasteiger partial charge in [-0.2, -0.15) is 0 Å². The summed E-state index contributed by atoms with van der Waals surface area (Å²) in [6, 6.07) is 11.5. The van der Waals surface area contributed by atoms with Gasteiger partial charge in [-0.15, -0.1) is 16.9 Å². The van der Waals surface area contributed by atoms with E-state index < -0.39 is 0 Å². The Morgan fingerprint density at radius 3 is 2.54 bits per heavy atom. The lowest BCUT2D eigenvalue weighted by Crippen LogP contribution is -2.47. The summed E-state index contributed by atoms with van der Waals surface area (Å²) in [6.45, 7) is 0. The van der Waals surface area contributed by atoms with Crippen LogP contribution in [0.5, 0.6) is 0 Å². The van der Waals surface area contributed by atoms with Crippen molar-refractivity contribution in [3.05, 3.63) is 48.3 Å². The highest BCUT2D eigenvalue weighted by Gasteiger charge is 2.43. The van der Waals surface area contributed by atoms with Crippen molar-refractivity contribution < 1.29 is 4.79 Å². The second-order valence-corrected chi connectivity index (χ2v) is 7.66. The summed E-state index contributed by atoms with van der Waals surface area (Å²) in [4.78, 5) is 14.9. The minimum Gasteiger partial charge on any atom is -0.336 e. The van der Waals surface area contributed by atoms with Gasteiger partial charge in [0.1, 0.15) is 0 Å². The molecule has 2 aliphatic rings. The van der Waals surface area contributed by atoms with Gasteiger partial charge in [-0.3, -0.25) is 4.79 Å². The maximum absolute atomic E-state index is 12.7. The Morgan fingerprint density at radius 1 is 1.12 bits per heavy atom. The molecule has 2 aliphatic heterocycles. The van der Waals surface area contributed by atoms with Gasteiger partial charge in [0, 0.05) is 24.0 Å². The zero-order valence-electron chi connectivity index (χ0n) is 13.6. The molecule has 2 atom stereocenters. The van der Waals surface area contributed by atoms with Crippen molar-refractivity contribution in [2.75, 3.05) is 5.75 Å². The number of thioether (sulfide) groups is 1. The molecule has 0 N–H and O–H groups in total. The fourth-order valence-electron chi connectivity index (χ4n) is 4.09. The molecule has 2 aromatic rings. The number of rotatable bonds is 5. The number of hydrogen-bond acceptors (Lipinski definition) is 4. The first kappa shape index (κ1) is 15.7. The summed E-state index contributed by atoms with van der Waals surface area (Å²) < 4.78 is 1.97. The highest BCUT2D eigenvalue weighted by atomic mass is 32.2. The Kier molecular flexibility index (Phi) is 4.56. The van der Waals surface area contributed by atoms with Gasteiger partial charge in [-0.1, -0.05) is 35.5 Å². The summed E-state index contributed by atoms with van der Waals surface area (Å²) in [5.41, 5.74) is 1.28. The molecule has 24 heavy (non-hydrogen) atoms. The Morgan fingerprint density at radius 2 is 1.88 bits per heavy atom. The zero-order valence-corrected chi connectivity index (χ0v) is 14.4. The minimum absolute atomic E-state index is 0.306. The number of amides is 1. The van der Waals surface area contributed by atoms with Crippen LogP contribution in [0, 0.1) is 0 Å². The molecule has 1 aromatic carbocycles. The summed E-state index contributed by atoms with van der Waals surface area (Å²) in [5.74, 6) is 1.79. The van der Waals surface area contributed by atoms with E-state index in [0.29, 0.717) is 29.8 Å². The number of aromatic nitrogens is 3. The molecule has 1 aromatic heterocycles. The monoisotopic (exact) mass is 342 g/mol. The van der Waals surface area contributed by atoms with E-state index in [4.69, 9.17) is 0 Å². The molecule has 6 heteroatoms. The number of fused-ring (bicyclic) bond motifs is 2. The van der Waals surface area contributed by atoms with Crippen LogP contribution in [0.25, 0.3) is 0 Å². The number of nitrogens with zero attached hydrogens (tertiary/aromatic N) is 4. The second kappa shape index (κ2) is 6.97. The molecule has 4 rings (SSSR count). The first-order valence-corrected chi connectivity index (χ1v) is 9.75. The smallest absolute Gasteiger partial charge is 0.233 e. The van der Waals surface area contributed by atoms with Crippen LogP contribution in [0.3, 0.4) is 0 Å². The second-order valence-electron chi connectivity index (χ2n) is 6.67. The topological polar surface area (TPSA) is 51.0 Å². The highest BCUT2D eigenvalue weighted by molar-refractivity contribution is 7.99. The first-order valence-electron chi connectivity index (χ1n) is 8.60. The molecule has 2 bridgehead atoms. The summed E-state index contributed by atoms with van der Waals surface area (Å²) >= 11 is 1.72. The van der Waals surface area contributed by atoms with Gasteiger partial charge in [0.05, 0.1) is 18.0 Å². The normalized spacial score (nSPS) is 25.8. The highest BCUT2D eigenvalue weighted by Crippen LogP contribution is 2.40. The molecule has 0 aliphatic carbocycles. The van der Waals surface area contributed by atoms with Crippen molar-refractivity contribution in [1.82, 2.24) is 19.9 Å². The molecular weight excluding hydrogens is 320 g/mol. The van der Waals surface area contributed by atoms with Crippen LogP contribution in [0.4, 0.5) is 0 Å². The molecule has 0 radical (unpaired) electrons. The van der Waals surface area contributed by atoms with Crippen LogP contribution in [0.2, 0.25) is 0 Å². The number of piperidine rings is 1. The number of hydrogen-bond donors (Lipinski definition) is 0. The van der Waals surface area contributed by atoms with Crippen LogP contribution in [0.1, 0.15) is 37.3 Å². The Labute approximate surface area is 146 Å². The number of carbonyl (C=O) groups excluding carboxylic acids is 1. The molecule has 2 fully saturated rings. The molecule has 1 amide bonds. The van der Waals surface area contributed by atoms with Crippen molar-refractivity contribution in [1.29, 1.82) is 0 Å². The average Bonchev–Trinajstić information content (AvgIpc) is 3.22. The predicted octanol–water partition coefficient (Wildman–Crippen LogP) is 2.91. The van der Waals surface area contributed by atoms with E-state index in [1.165, 1.54) is 5.56 Å². The Bertz CT molecular complexity index is 662. The van der Waals surface area contributed by atoms with Crippen molar-refractivity contribution in [3.63, 3.8) is 0 Å².